The van der Waals surface area contributed by atoms with Gasteiger partial charge in [-0.05, 0) is 31.0 Å². The molecule has 0 unspecified atom stereocenters. The number of hydrogen-bond donors (Lipinski definition) is 0. The summed E-state index contributed by atoms with van der Waals surface area (Å²) >= 11 is 0. The molecule has 0 radical (unpaired) electrons. The summed E-state index contributed by atoms with van der Waals surface area (Å²) in [5.74, 6) is -0.750. The summed E-state index contributed by atoms with van der Waals surface area (Å²) in [4.78, 5) is 15.2. The monoisotopic (exact) mass is 365 g/mol. The third-order valence-corrected chi connectivity index (χ3v) is 5.07. The highest BCUT2D eigenvalue weighted by atomic mass is 16.7. The van der Waals surface area contributed by atoms with Crippen molar-refractivity contribution in [2.45, 2.75) is 26.2 Å². The van der Waals surface area contributed by atoms with E-state index in [1.165, 1.54) is 0 Å². The summed E-state index contributed by atoms with van der Waals surface area (Å²) < 4.78 is 17.5. The minimum absolute atomic E-state index is 0.175. The first-order valence-electron chi connectivity index (χ1n) is 9.10. The summed E-state index contributed by atoms with van der Waals surface area (Å²) in [5, 5.41) is 0. The molecule has 5 nitrogen and oxygen atoms in total. The van der Waals surface area contributed by atoms with Gasteiger partial charge < -0.3 is 19.1 Å². The van der Waals surface area contributed by atoms with E-state index in [1.54, 1.807) is 11.0 Å². The Morgan fingerprint density at radius 3 is 2.59 bits per heavy atom. The molecule has 2 aromatic carbocycles. The van der Waals surface area contributed by atoms with Gasteiger partial charge in [-0.2, -0.15) is 0 Å². The van der Waals surface area contributed by atoms with Crippen LogP contribution in [0, 0.1) is 13.8 Å². The molecule has 1 amide bonds. The molecule has 1 fully saturated rings. The number of carbonyl (C=O) groups is 1. The van der Waals surface area contributed by atoms with Gasteiger partial charge in [0.15, 0.2) is 0 Å². The highest BCUT2D eigenvalue weighted by Gasteiger charge is 2.57. The van der Waals surface area contributed by atoms with Crippen molar-refractivity contribution in [2.75, 3.05) is 24.7 Å². The van der Waals surface area contributed by atoms with Gasteiger partial charge in [-0.3, -0.25) is 4.79 Å². The van der Waals surface area contributed by atoms with Crippen molar-refractivity contribution in [1.29, 1.82) is 0 Å². The highest BCUT2D eigenvalue weighted by Crippen LogP contribution is 2.49. The van der Waals surface area contributed by atoms with E-state index in [9.17, 15) is 4.79 Å². The minimum Gasteiger partial charge on any atom is -0.489 e. The molecule has 27 heavy (non-hydrogen) atoms. The fourth-order valence-corrected chi connectivity index (χ4v) is 3.87. The first-order chi connectivity index (χ1) is 13.1. The van der Waals surface area contributed by atoms with Crippen molar-refractivity contribution in [2.24, 2.45) is 0 Å². The van der Waals surface area contributed by atoms with Crippen LogP contribution in [-0.2, 0) is 26.6 Å². The zero-order valence-corrected chi connectivity index (χ0v) is 15.7. The lowest BCUT2D eigenvalue weighted by molar-refractivity contribution is -0.181. The molecule has 0 aliphatic carbocycles. The predicted molar refractivity (Wildman–Crippen MR) is 103 cm³/mol. The molecule has 4 rings (SSSR count). The maximum absolute atomic E-state index is 13.4. The lowest BCUT2D eigenvalue weighted by Gasteiger charge is -2.23. The Bertz CT molecular complexity index is 899. The molecule has 5 heteroatoms. The third-order valence-electron chi connectivity index (χ3n) is 5.07. The average molecular weight is 365 g/mol. The number of carbonyl (C=O) groups excluding carboxylic acids is 1. The number of benzene rings is 2. The lowest BCUT2D eigenvalue weighted by atomic mass is 9.98. The molecule has 0 atom stereocenters. The molecule has 2 aliphatic rings. The Kier molecular flexibility index (Phi) is 4.50. The van der Waals surface area contributed by atoms with E-state index in [4.69, 9.17) is 14.2 Å². The summed E-state index contributed by atoms with van der Waals surface area (Å²) in [7, 11) is 0. The Hall–Kier alpha value is -2.63. The van der Waals surface area contributed by atoms with E-state index in [0.29, 0.717) is 26.4 Å². The molecule has 0 bridgehead atoms. The number of fused-ring (bicyclic) bond motifs is 2. The van der Waals surface area contributed by atoms with E-state index in [2.05, 4.69) is 6.58 Å². The number of anilines is 1. The standard InChI is InChI=1S/C22H23NO4/c1-4-11-25-18-8-6-5-7-17(18)14-23-20-16(3)10-9-15(2)19(20)22(21(23)24)26-12-13-27-22/h4-10H,1,11-14H2,2-3H3. The first kappa shape index (κ1) is 17.8. The summed E-state index contributed by atoms with van der Waals surface area (Å²) in [6.45, 7) is 9.31. The number of ether oxygens (including phenoxy) is 3. The molecular formula is C22H23NO4. The number of nitrogens with zero attached hydrogens (tertiary/aromatic N) is 1. The van der Waals surface area contributed by atoms with Crippen LogP contribution in [-0.4, -0.2) is 25.7 Å². The Labute approximate surface area is 159 Å². The zero-order valence-electron chi connectivity index (χ0n) is 15.7. The Balaban J connectivity index is 1.79. The van der Waals surface area contributed by atoms with Crippen molar-refractivity contribution in [3.63, 3.8) is 0 Å². The zero-order chi connectivity index (χ0) is 19.0. The van der Waals surface area contributed by atoms with Crippen LogP contribution in [0.25, 0.3) is 0 Å². The smallest absolute Gasteiger partial charge is 0.292 e. The minimum atomic E-state index is -1.32. The first-order valence-corrected chi connectivity index (χ1v) is 9.10. The van der Waals surface area contributed by atoms with Gasteiger partial charge >= 0.3 is 0 Å². The van der Waals surface area contributed by atoms with Gasteiger partial charge in [-0.25, -0.2) is 0 Å². The van der Waals surface area contributed by atoms with Gasteiger partial charge in [-0.1, -0.05) is 43.0 Å². The van der Waals surface area contributed by atoms with Crippen molar-refractivity contribution in [1.82, 2.24) is 0 Å². The molecule has 1 saturated heterocycles. The molecule has 0 saturated carbocycles. The second-order valence-corrected chi connectivity index (χ2v) is 6.84. The van der Waals surface area contributed by atoms with Gasteiger partial charge in [0.25, 0.3) is 11.7 Å². The summed E-state index contributed by atoms with van der Waals surface area (Å²) in [6, 6.07) is 11.8. The quantitative estimate of drug-likeness (QED) is 0.760. The normalized spacial score (nSPS) is 17.4. The molecule has 2 aromatic rings. The van der Waals surface area contributed by atoms with Crippen LogP contribution in [0.15, 0.2) is 49.1 Å². The summed E-state index contributed by atoms with van der Waals surface area (Å²) in [5.41, 5.74) is 4.64. The predicted octanol–water partition coefficient (Wildman–Crippen LogP) is 3.61. The van der Waals surface area contributed by atoms with E-state index in [-0.39, 0.29) is 5.91 Å². The fourth-order valence-electron chi connectivity index (χ4n) is 3.87. The van der Waals surface area contributed by atoms with Gasteiger partial charge in [-0.15, -0.1) is 0 Å². The van der Waals surface area contributed by atoms with Crippen LogP contribution in [0.3, 0.4) is 0 Å². The molecular weight excluding hydrogens is 342 g/mol. The van der Waals surface area contributed by atoms with Crippen molar-refractivity contribution in [3.8, 4) is 5.75 Å². The topological polar surface area (TPSA) is 48.0 Å². The Morgan fingerprint density at radius 1 is 1.15 bits per heavy atom. The largest absolute Gasteiger partial charge is 0.489 e. The van der Waals surface area contributed by atoms with Crippen LogP contribution >= 0.6 is 0 Å². The lowest BCUT2D eigenvalue weighted by Crippen LogP contribution is -2.41. The second kappa shape index (κ2) is 6.83. The number of aryl methyl sites for hydroxylation is 2. The van der Waals surface area contributed by atoms with E-state index < -0.39 is 5.79 Å². The van der Waals surface area contributed by atoms with Crippen LogP contribution in [0.5, 0.6) is 5.75 Å². The molecule has 2 aliphatic heterocycles. The van der Waals surface area contributed by atoms with Crippen LogP contribution in [0.1, 0.15) is 22.3 Å². The van der Waals surface area contributed by atoms with Crippen molar-refractivity contribution >= 4 is 11.6 Å². The average Bonchev–Trinajstić information content (AvgIpc) is 3.25. The molecule has 2 heterocycles. The Morgan fingerprint density at radius 2 is 1.85 bits per heavy atom. The van der Waals surface area contributed by atoms with Crippen molar-refractivity contribution < 1.29 is 19.0 Å². The highest BCUT2D eigenvalue weighted by molar-refractivity contribution is 6.07. The number of hydrogen-bond acceptors (Lipinski definition) is 4. The number of rotatable bonds is 5. The fraction of sp³-hybridized carbons (Fsp3) is 0.318. The van der Waals surface area contributed by atoms with Gasteiger partial charge in [0.05, 0.1) is 25.4 Å². The van der Waals surface area contributed by atoms with Gasteiger partial charge in [0.1, 0.15) is 12.4 Å². The second-order valence-electron chi connectivity index (χ2n) is 6.84. The van der Waals surface area contributed by atoms with Crippen LogP contribution in [0.4, 0.5) is 5.69 Å². The SMILES string of the molecule is C=CCOc1ccccc1CN1C(=O)C2(OCCO2)c2c(C)ccc(C)c21. The summed E-state index contributed by atoms with van der Waals surface area (Å²) in [6.07, 6.45) is 1.70. The van der Waals surface area contributed by atoms with Crippen molar-refractivity contribution in [3.05, 3.63) is 71.3 Å². The molecule has 0 N–H and O–H groups in total. The van der Waals surface area contributed by atoms with Crippen LogP contribution in [0.2, 0.25) is 0 Å². The van der Waals surface area contributed by atoms with Gasteiger partial charge in [0.2, 0.25) is 0 Å². The van der Waals surface area contributed by atoms with E-state index in [0.717, 1.165) is 33.7 Å². The number of amides is 1. The molecule has 1 spiro atoms. The molecule has 0 aromatic heterocycles. The third kappa shape index (κ3) is 2.74. The van der Waals surface area contributed by atoms with E-state index in [1.807, 2.05) is 50.2 Å². The maximum atomic E-state index is 13.4. The van der Waals surface area contributed by atoms with Gasteiger partial charge in [0, 0.05) is 11.1 Å². The molecule has 140 valence electrons. The van der Waals surface area contributed by atoms with E-state index >= 15 is 0 Å². The maximum Gasteiger partial charge on any atom is 0.292 e. The van der Waals surface area contributed by atoms with Crippen LogP contribution < -0.4 is 9.64 Å². The number of para-hydroxylation sites is 1.